The van der Waals surface area contributed by atoms with E-state index in [1.54, 1.807) is 0 Å². The van der Waals surface area contributed by atoms with Crippen LogP contribution in [-0.2, 0) is 9.53 Å². The van der Waals surface area contributed by atoms with E-state index in [2.05, 4.69) is 4.90 Å². The van der Waals surface area contributed by atoms with Crippen molar-refractivity contribution in [1.82, 2.24) is 4.90 Å². The van der Waals surface area contributed by atoms with Crippen molar-refractivity contribution >= 4 is 17.6 Å². The molecular weight excluding hydrogens is 286 g/mol. The van der Waals surface area contributed by atoms with E-state index >= 15 is 0 Å². The van der Waals surface area contributed by atoms with Crippen LogP contribution < -0.4 is 0 Å². The second-order valence-corrected chi connectivity index (χ2v) is 6.08. The molecule has 0 spiro atoms. The molecule has 1 aliphatic heterocycles. The summed E-state index contributed by atoms with van der Waals surface area (Å²) in [5.74, 6) is -0.181. The third-order valence-corrected chi connectivity index (χ3v) is 4.42. The van der Waals surface area contributed by atoms with Gasteiger partial charge in [0, 0.05) is 5.02 Å². The number of rotatable bonds is 5. The molecule has 0 amide bonds. The molecule has 0 aromatic heterocycles. The Balaban J connectivity index is 2.25. The molecule has 0 N–H and O–H groups in total. The van der Waals surface area contributed by atoms with Gasteiger partial charge in [0.2, 0.25) is 0 Å². The third kappa shape index (κ3) is 4.21. The first-order valence-corrected chi connectivity index (χ1v) is 8.20. The van der Waals surface area contributed by atoms with Gasteiger partial charge in [-0.3, -0.25) is 4.90 Å². The highest BCUT2D eigenvalue weighted by atomic mass is 35.5. The summed E-state index contributed by atoms with van der Waals surface area (Å²) in [6, 6.07) is 7.20. The number of benzene rings is 1. The summed E-state index contributed by atoms with van der Waals surface area (Å²) in [5.41, 5.74) is 0.856. The van der Waals surface area contributed by atoms with E-state index in [0.717, 1.165) is 37.9 Å². The number of esters is 1. The molecule has 0 bridgehead atoms. The van der Waals surface area contributed by atoms with Gasteiger partial charge in [-0.05, 0) is 50.9 Å². The van der Waals surface area contributed by atoms with E-state index < -0.39 is 0 Å². The van der Waals surface area contributed by atoms with Gasteiger partial charge >= 0.3 is 5.97 Å². The van der Waals surface area contributed by atoms with E-state index in [1.165, 1.54) is 6.42 Å². The van der Waals surface area contributed by atoms with Crippen molar-refractivity contribution in [2.24, 2.45) is 0 Å². The van der Waals surface area contributed by atoms with Crippen molar-refractivity contribution in [2.45, 2.75) is 51.7 Å². The number of carbonyl (C=O) groups is 1. The van der Waals surface area contributed by atoms with Gasteiger partial charge in [0.1, 0.15) is 6.04 Å². The summed E-state index contributed by atoms with van der Waals surface area (Å²) in [5, 5.41) is 0.633. The molecule has 2 atom stereocenters. The average Bonchev–Trinajstić information content (AvgIpc) is 2.50. The maximum atomic E-state index is 12.6. The topological polar surface area (TPSA) is 29.5 Å². The van der Waals surface area contributed by atoms with Gasteiger partial charge < -0.3 is 4.74 Å². The standard InChI is InChI=1S/C17H24ClNO2/c1-3-13(2)21-17(20)16(19-11-7-4-8-12-19)14-9-5-6-10-15(14)18/h5-6,9-10,13,16H,3-4,7-8,11-12H2,1-2H3. The van der Waals surface area contributed by atoms with Crippen LogP contribution in [0.4, 0.5) is 0 Å². The lowest BCUT2D eigenvalue weighted by atomic mass is 10.0. The van der Waals surface area contributed by atoms with Gasteiger partial charge in [-0.2, -0.15) is 0 Å². The highest BCUT2D eigenvalue weighted by Crippen LogP contribution is 2.31. The zero-order valence-electron chi connectivity index (χ0n) is 12.8. The molecule has 2 unspecified atom stereocenters. The maximum Gasteiger partial charge on any atom is 0.328 e. The fourth-order valence-electron chi connectivity index (χ4n) is 2.69. The number of hydrogen-bond donors (Lipinski definition) is 0. The van der Waals surface area contributed by atoms with Crippen LogP contribution in [0, 0.1) is 0 Å². The Kier molecular flexibility index (Phi) is 6.07. The Hall–Kier alpha value is -1.06. The first-order valence-electron chi connectivity index (χ1n) is 7.82. The van der Waals surface area contributed by atoms with E-state index in [4.69, 9.17) is 16.3 Å². The molecule has 1 aromatic rings. The van der Waals surface area contributed by atoms with Crippen molar-refractivity contribution in [2.75, 3.05) is 13.1 Å². The number of hydrogen-bond acceptors (Lipinski definition) is 3. The van der Waals surface area contributed by atoms with Gasteiger partial charge in [0.05, 0.1) is 6.10 Å². The summed E-state index contributed by atoms with van der Waals surface area (Å²) in [6.45, 7) is 5.79. The second kappa shape index (κ2) is 7.81. The SMILES string of the molecule is CCC(C)OC(=O)C(c1ccccc1Cl)N1CCCCC1. The van der Waals surface area contributed by atoms with Gasteiger partial charge in [-0.25, -0.2) is 4.79 Å². The largest absolute Gasteiger partial charge is 0.461 e. The summed E-state index contributed by atoms with van der Waals surface area (Å²) in [6.07, 6.45) is 4.23. The van der Waals surface area contributed by atoms with Gasteiger partial charge in [-0.15, -0.1) is 0 Å². The van der Waals surface area contributed by atoms with Crippen LogP contribution in [-0.4, -0.2) is 30.1 Å². The van der Waals surface area contributed by atoms with Crippen molar-refractivity contribution in [1.29, 1.82) is 0 Å². The van der Waals surface area contributed by atoms with Crippen molar-refractivity contribution in [3.05, 3.63) is 34.9 Å². The second-order valence-electron chi connectivity index (χ2n) is 5.68. The third-order valence-electron chi connectivity index (χ3n) is 4.07. The molecule has 3 nitrogen and oxygen atoms in total. The van der Waals surface area contributed by atoms with E-state index in [1.807, 2.05) is 38.1 Å². The van der Waals surface area contributed by atoms with E-state index in [9.17, 15) is 4.79 Å². The molecule has 21 heavy (non-hydrogen) atoms. The number of nitrogens with zero attached hydrogens (tertiary/aromatic N) is 1. The number of likely N-dealkylation sites (tertiary alicyclic amines) is 1. The Morgan fingerprint density at radius 2 is 1.95 bits per heavy atom. The first-order chi connectivity index (χ1) is 10.1. The lowest BCUT2D eigenvalue weighted by Crippen LogP contribution is -2.39. The highest BCUT2D eigenvalue weighted by molar-refractivity contribution is 6.31. The minimum atomic E-state index is -0.381. The monoisotopic (exact) mass is 309 g/mol. The van der Waals surface area contributed by atoms with Gasteiger partial charge in [0.25, 0.3) is 0 Å². The summed E-state index contributed by atoms with van der Waals surface area (Å²) in [4.78, 5) is 14.8. The van der Waals surface area contributed by atoms with Crippen molar-refractivity contribution < 1.29 is 9.53 Å². The molecule has 2 rings (SSSR count). The number of carbonyl (C=O) groups excluding carboxylic acids is 1. The number of piperidine rings is 1. The van der Waals surface area contributed by atoms with Crippen molar-refractivity contribution in [3.63, 3.8) is 0 Å². The summed E-state index contributed by atoms with van der Waals surface area (Å²) in [7, 11) is 0. The zero-order valence-corrected chi connectivity index (χ0v) is 13.6. The maximum absolute atomic E-state index is 12.6. The minimum absolute atomic E-state index is 0.0627. The van der Waals surface area contributed by atoms with Crippen LogP contribution in [0.15, 0.2) is 24.3 Å². The number of ether oxygens (including phenoxy) is 1. The van der Waals surface area contributed by atoms with E-state index in [-0.39, 0.29) is 18.1 Å². The van der Waals surface area contributed by atoms with Crippen LogP contribution >= 0.6 is 11.6 Å². The predicted molar refractivity (Wildman–Crippen MR) is 85.5 cm³/mol. The lowest BCUT2D eigenvalue weighted by molar-refractivity contribution is -0.155. The Labute approximate surface area is 132 Å². The average molecular weight is 310 g/mol. The smallest absolute Gasteiger partial charge is 0.328 e. The first kappa shape index (κ1) is 16.3. The van der Waals surface area contributed by atoms with Gasteiger partial charge in [-0.1, -0.05) is 43.1 Å². The van der Waals surface area contributed by atoms with Crippen molar-refractivity contribution in [3.8, 4) is 0 Å². The fraction of sp³-hybridized carbons (Fsp3) is 0.588. The molecule has 1 aromatic carbocycles. The predicted octanol–water partition coefficient (Wildman–Crippen LogP) is 4.21. The lowest BCUT2D eigenvalue weighted by Gasteiger charge is -2.34. The van der Waals surface area contributed by atoms with Crippen LogP contribution in [0.2, 0.25) is 5.02 Å². The molecule has 1 saturated heterocycles. The molecular formula is C17H24ClNO2. The summed E-state index contributed by atoms with van der Waals surface area (Å²) >= 11 is 6.32. The molecule has 0 aliphatic carbocycles. The Morgan fingerprint density at radius 1 is 1.29 bits per heavy atom. The van der Waals surface area contributed by atoms with Crippen LogP contribution in [0.25, 0.3) is 0 Å². The molecule has 1 aliphatic rings. The molecule has 0 radical (unpaired) electrons. The zero-order chi connectivity index (χ0) is 15.2. The Bertz CT molecular complexity index is 472. The molecule has 0 saturated carbocycles. The highest BCUT2D eigenvalue weighted by Gasteiger charge is 2.32. The van der Waals surface area contributed by atoms with Crippen LogP contribution in [0.1, 0.15) is 51.1 Å². The quantitative estimate of drug-likeness (QED) is 0.763. The summed E-state index contributed by atoms with van der Waals surface area (Å²) < 4.78 is 5.59. The van der Waals surface area contributed by atoms with Gasteiger partial charge in [0.15, 0.2) is 0 Å². The van der Waals surface area contributed by atoms with Crippen LogP contribution in [0.5, 0.6) is 0 Å². The normalized spacial score (nSPS) is 19.0. The fourth-order valence-corrected chi connectivity index (χ4v) is 2.93. The molecule has 116 valence electrons. The molecule has 1 fully saturated rings. The Morgan fingerprint density at radius 3 is 2.57 bits per heavy atom. The minimum Gasteiger partial charge on any atom is -0.461 e. The molecule has 1 heterocycles. The number of halogens is 1. The molecule has 4 heteroatoms. The van der Waals surface area contributed by atoms with Crippen LogP contribution in [0.3, 0.4) is 0 Å². The van der Waals surface area contributed by atoms with E-state index in [0.29, 0.717) is 5.02 Å².